The number of fused-ring (bicyclic) bond motifs is 1. The average molecular weight is 271 g/mol. The maximum atomic E-state index is 6.08. The molecule has 3 rings (SSSR count). The van der Waals surface area contributed by atoms with E-state index in [9.17, 15) is 0 Å². The topological polar surface area (TPSA) is 39.1 Å². The van der Waals surface area contributed by atoms with E-state index >= 15 is 0 Å². The summed E-state index contributed by atoms with van der Waals surface area (Å²) in [7, 11) is 1.93. The van der Waals surface area contributed by atoms with E-state index in [0.29, 0.717) is 0 Å². The van der Waals surface area contributed by atoms with Gasteiger partial charge in [-0.1, -0.05) is 18.2 Å². The van der Waals surface area contributed by atoms with Crippen molar-refractivity contribution >= 4 is 0 Å². The second kappa shape index (κ2) is 4.94. The molecular formula is C16H21N3O. The molecule has 0 atom stereocenters. The standard InChI is InChI=1S/C16H21N3O/c1-16(2)7-13-5-4-6-14(15(13)20-16)10-17-8-12-9-18-19(3)11-12/h4-6,9,11,17H,7-8,10H2,1-3H3. The van der Waals surface area contributed by atoms with Crippen molar-refractivity contribution in [2.24, 2.45) is 7.05 Å². The van der Waals surface area contributed by atoms with Crippen LogP contribution in [-0.4, -0.2) is 15.4 Å². The van der Waals surface area contributed by atoms with Gasteiger partial charge in [-0.3, -0.25) is 4.68 Å². The largest absolute Gasteiger partial charge is 0.487 e. The van der Waals surface area contributed by atoms with Crippen LogP contribution < -0.4 is 10.1 Å². The number of hydrogen-bond donors (Lipinski definition) is 1. The van der Waals surface area contributed by atoms with Crippen LogP contribution in [0.15, 0.2) is 30.6 Å². The van der Waals surface area contributed by atoms with Gasteiger partial charge >= 0.3 is 0 Å². The molecule has 1 aromatic carbocycles. The Kier molecular flexibility index (Phi) is 3.26. The maximum Gasteiger partial charge on any atom is 0.127 e. The van der Waals surface area contributed by atoms with E-state index in [1.165, 1.54) is 16.7 Å². The van der Waals surface area contributed by atoms with Crippen LogP contribution in [0.3, 0.4) is 0 Å². The lowest BCUT2D eigenvalue weighted by atomic mass is 10.0. The lowest BCUT2D eigenvalue weighted by molar-refractivity contribution is 0.137. The fourth-order valence-corrected chi connectivity index (χ4v) is 2.72. The summed E-state index contributed by atoms with van der Waals surface area (Å²) in [4.78, 5) is 0. The minimum atomic E-state index is -0.0816. The Morgan fingerprint density at radius 2 is 2.20 bits per heavy atom. The summed E-state index contributed by atoms with van der Waals surface area (Å²) in [5, 5.41) is 7.63. The number of hydrogen-bond acceptors (Lipinski definition) is 3. The Bertz CT molecular complexity index is 616. The summed E-state index contributed by atoms with van der Waals surface area (Å²) < 4.78 is 7.90. The molecule has 20 heavy (non-hydrogen) atoms. The fraction of sp³-hybridized carbons (Fsp3) is 0.438. The van der Waals surface area contributed by atoms with Crippen molar-refractivity contribution in [3.05, 3.63) is 47.3 Å². The van der Waals surface area contributed by atoms with Crippen molar-refractivity contribution in [2.45, 2.75) is 39.0 Å². The van der Waals surface area contributed by atoms with Gasteiger partial charge in [0, 0.05) is 43.9 Å². The number of aryl methyl sites for hydroxylation is 1. The quantitative estimate of drug-likeness (QED) is 0.928. The van der Waals surface area contributed by atoms with Gasteiger partial charge in [-0.25, -0.2) is 0 Å². The highest BCUT2D eigenvalue weighted by Crippen LogP contribution is 2.37. The first-order valence-electron chi connectivity index (χ1n) is 7.01. The molecule has 4 heteroatoms. The summed E-state index contributed by atoms with van der Waals surface area (Å²) in [5.41, 5.74) is 3.66. The lowest BCUT2D eigenvalue weighted by Gasteiger charge is -2.18. The van der Waals surface area contributed by atoms with Crippen LogP contribution >= 0.6 is 0 Å². The van der Waals surface area contributed by atoms with Crippen molar-refractivity contribution in [2.75, 3.05) is 0 Å². The van der Waals surface area contributed by atoms with Crippen LogP contribution in [0.25, 0.3) is 0 Å². The molecule has 0 amide bonds. The molecule has 0 aliphatic carbocycles. The van der Waals surface area contributed by atoms with Gasteiger partial charge < -0.3 is 10.1 Å². The zero-order chi connectivity index (χ0) is 14.2. The highest BCUT2D eigenvalue weighted by atomic mass is 16.5. The van der Waals surface area contributed by atoms with Gasteiger partial charge in [-0.05, 0) is 19.4 Å². The van der Waals surface area contributed by atoms with Crippen LogP contribution in [0.1, 0.15) is 30.5 Å². The van der Waals surface area contributed by atoms with Crippen LogP contribution in [0.5, 0.6) is 5.75 Å². The number of para-hydroxylation sites is 1. The van der Waals surface area contributed by atoms with E-state index in [1.54, 1.807) is 0 Å². The normalized spacial score (nSPS) is 15.9. The second-order valence-electron chi connectivity index (χ2n) is 6.07. The Labute approximate surface area is 119 Å². The third kappa shape index (κ3) is 2.70. The van der Waals surface area contributed by atoms with Crippen LogP contribution in [0, 0.1) is 0 Å². The molecule has 2 heterocycles. The zero-order valence-electron chi connectivity index (χ0n) is 12.3. The zero-order valence-corrected chi connectivity index (χ0v) is 12.3. The average Bonchev–Trinajstić information content (AvgIpc) is 2.91. The van der Waals surface area contributed by atoms with Crippen molar-refractivity contribution in [3.8, 4) is 5.75 Å². The fourth-order valence-electron chi connectivity index (χ4n) is 2.72. The Morgan fingerprint density at radius 3 is 2.95 bits per heavy atom. The summed E-state index contributed by atoms with van der Waals surface area (Å²) in [5.74, 6) is 1.07. The van der Waals surface area contributed by atoms with E-state index in [-0.39, 0.29) is 5.60 Å². The molecule has 0 radical (unpaired) electrons. The summed E-state index contributed by atoms with van der Waals surface area (Å²) in [6.07, 6.45) is 4.91. The van der Waals surface area contributed by atoms with Crippen molar-refractivity contribution in [1.29, 1.82) is 0 Å². The predicted molar refractivity (Wildman–Crippen MR) is 78.6 cm³/mol. The highest BCUT2D eigenvalue weighted by Gasteiger charge is 2.31. The summed E-state index contributed by atoms with van der Waals surface area (Å²) in [6, 6.07) is 6.41. The number of rotatable bonds is 4. The van der Waals surface area contributed by atoms with Crippen molar-refractivity contribution in [3.63, 3.8) is 0 Å². The second-order valence-corrected chi connectivity index (χ2v) is 6.07. The van der Waals surface area contributed by atoms with E-state index in [4.69, 9.17) is 4.74 Å². The van der Waals surface area contributed by atoms with Crippen molar-refractivity contribution in [1.82, 2.24) is 15.1 Å². The Balaban J connectivity index is 1.66. The number of ether oxygens (including phenoxy) is 1. The number of nitrogens with one attached hydrogen (secondary N) is 1. The maximum absolute atomic E-state index is 6.08. The van der Waals surface area contributed by atoms with Gasteiger partial charge in [0.25, 0.3) is 0 Å². The van der Waals surface area contributed by atoms with Crippen LogP contribution in [0.4, 0.5) is 0 Å². The molecule has 106 valence electrons. The molecule has 1 N–H and O–H groups in total. The van der Waals surface area contributed by atoms with E-state index < -0.39 is 0 Å². The SMILES string of the molecule is Cn1cc(CNCc2cccc3c2OC(C)(C)C3)cn1. The first-order chi connectivity index (χ1) is 9.53. The van der Waals surface area contributed by atoms with Crippen LogP contribution in [-0.2, 0) is 26.6 Å². The molecule has 0 saturated heterocycles. The monoisotopic (exact) mass is 271 g/mol. The predicted octanol–water partition coefficient (Wildman–Crippen LogP) is 2.42. The smallest absolute Gasteiger partial charge is 0.127 e. The molecule has 0 saturated carbocycles. The van der Waals surface area contributed by atoms with E-state index in [2.05, 4.69) is 42.5 Å². The molecule has 2 aromatic rings. The lowest BCUT2D eigenvalue weighted by Crippen LogP contribution is -2.25. The summed E-state index contributed by atoms with van der Waals surface area (Å²) in [6.45, 7) is 5.91. The third-order valence-electron chi connectivity index (χ3n) is 3.58. The Hall–Kier alpha value is -1.81. The summed E-state index contributed by atoms with van der Waals surface area (Å²) >= 11 is 0. The third-order valence-corrected chi connectivity index (χ3v) is 3.58. The van der Waals surface area contributed by atoms with Gasteiger partial charge in [0.05, 0.1) is 6.20 Å². The van der Waals surface area contributed by atoms with Gasteiger partial charge in [-0.2, -0.15) is 5.10 Å². The molecule has 0 bridgehead atoms. The molecule has 0 spiro atoms. The highest BCUT2D eigenvalue weighted by molar-refractivity contribution is 5.45. The van der Waals surface area contributed by atoms with Gasteiger partial charge in [0.2, 0.25) is 0 Å². The van der Waals surface area contributed by atoms with Gasteiger partial charge in [-0.15, -0.1) is 0 Å². The molecule has 4 nitrogen and oxygen atoms in total. The molecule has 0 fully saturated rings. The minimum absolute atomic E-state index is 0.0816. The van der Waals surface area contributed by atoms with E-state index in [1.807, 2.05) is 24.1 Å². The first kappa shape index (κ1) is 13.2. The molecule has 1 aromatic heterocycles. The number of nitrogens with zero attached hydrogens (tertiary/aromatic N) is 2. The first-order valence-corrected chi connectivity index (χ1v) is 7.01. The number of aromatic nitrogens is 2. The van der Waals surface area contributed by atoms with E-state index in [0.717, 1.165) is 25.3 Å². The van der Waals surface area contributed by atoms with Gasteiger partial charge in [0.1, 0.15) is 11.4 Å². The minimum Gasteiger partial charge on any atom is -0.487 e. The molecule has 1 aliphatic heterocycles. The van der Waals surface area contributed by atoms with Crippen molar-refractivity contribution < 1.29 is 4.74 Å². The van der Waals surface area contributed by atoms with Gasteiger partial charge in [0.15, 0.2) is 0 Å². The molecular weight excluding hydrogens is 250 g/mol. The molecule has 1 aliphatic rings. The molecule has 0 unspecified atom stereocenters. The number of benzene rings is 1. The Morgan fingerprint density at radius 1 is 1.35 bits per heavy atom. The van der Waals surface area contributed by atoms with Crippen LogP contribution in [0.2, 0.25) is 0 Å².